The van der Waals surface area contributed by atoms with E-state index in [-0.39, 0.29) is 0 Å². The SMILES string of the molecule is Cc1nn(-c2cccnn2)c(C)c1N. The molecule has 0 amide bonds. The molecule has 0 bridgehead atoms. The fourth-order valence-electron chi connectivity index (χ4n) is 1.28. The van der Waals surface area contributed by atoms with Crippen molar-refractivity contribution in [3.05, 3.63) is 29.7 Å². The molecule has 2 N–H and O–H groups in total. The molecule has 0 saturated heterocycles. The van der Waals surface area contributed by atoms with E-state index < -0.39 is 0 Å². The summed E-state index contributed by atoms with van der Waals surface area (Å²) in [4.78, 5) is 0. The molecule has 0 aromatic carbocycles. The number of aryl methyl sites for hydroxylation is 1. The molecule has 2 rings (SSSR count). The molecule has 2 aromatic rings. The normalized spacial score (nSPS) is 10.4. The van der Waals surface area contributed by atoms with E-state index in [0.717, 1.165) is 11.4 Å². The van der Waals surface area contributed by atoms with Crippen molar-refractivity contribution in [1.29, 1.82) is 0 Å². The quantitative estimate of drug-likeness (QED) is 0.722. The van der Waals surface area contributed by atoms with E-state index in [1.165, 1.54) is 0 Å². The van der Waals surface area contributed by atoms with Gasteiger partial charge in [0.2, 0.25) is 0 Å². The highest BCUT2D eigenvalue weighted by Crippen LogP contribution is 2.17. The van der Waals surface area contributed by atoms with Crippen molar-refractivity contribution in [2.24, 2.45) is 0 Å². The van der Waals surface area contributed by atoms with Gasteiger partial charge in [-0.15, -0.1) is 5.10 Å². The fourth-order valence-corrected chi connectivity index (χ4v) is 1.28. The summed E-state index contributed by atoms with van der Waals surface area (Å²) < 4.78 is 1.69. The maximum absolute atomic E-state index is 5.81. The Kier molecular flexibility index (Phi) is 1.92. The number of nitrogen functional groups attached to an aromatic ring is 1. The summed E-state index contributed by atoms with van der Waals surface area (Å²) in [5, 5.41) is 12.0. The van der Waals surface area contributed by atoms with Crippen molar-refractivity contribution in [1.82, 2.24) is 20.0 Å². The Hall–Kier alpha value is -1.91. The smallest absolute Gasteiger partial charge is 0.175 e. The summed E-state index contributed by atoms with van der Waals surface area (Å²) >= 11 is 0. The van der Waals surface area contributed by atoms with Gasteiger partial charge in [-0.25, -0.2) is 4.68 Å². The molecule has 0 radical (unpaired) electrons. The van der Waals surface area contributed by atoms with E-state index in [1.54, 1.807) is 10.9 Å². The van der Waals surface area contributed by atoms with Gasteiger partial charge >= 0.3 is 0 Å². The van der Waals surface area contributed by atoms with Crippen molar-refractivity contribution in [2.45, 2.75) is 13.8 Å². The minimum Gasteiger partial charge on any atom is -0.396 e. The molecule has 2 heterocycles. The van der Waals surface area contributed by atoms with Crippen molar-refractivity contribution >= 4 is 5.69 Å². The first kappa shape index (κ1) is 8.68. The van der Waals surface area contributed by atoms with Gasteiger partial charge in [-0.2, -0.15) is 10.2 Å². The van der Waals surface area contributed by atoms with Gasteiger partial charge < -0.3 is 5.73 Å². The van der Waals surface area contributed by atoms with Gasteiger partial charge in [0.1, 0.15) is 0 Å². The van der Waals surface area contributed by atoms with E-state index in [9.17, 15) is 0 Å². The number of anilines is 1. The largest absolute Gasteiger partial charge is 0.396 e. The second-order valence-corrected chi connectivity index (χ2v) is 3.08. The lowest BCUT2D eigenvalue weighted by atomic mass is 10.3. The molecule has 0 spiro atoms. The van der Waals surface area contributed by atoms with Gasteiger partial charge in [0.25, 0.3) is 0 Å². The molecule has 0 aliphatic rings. The van der Waals surface area contributed by atoms with Gasteiger partial charge in [-0.3, -0.25) is 0 Å². The van der Waals surface area contributed by atoms with Gasteiger partial charge in [-0.1, -0.05) is 0 Å². The average Bonchev–Trinajstić information content (AvgIpc) is 2.47. The molecule has 14 heavy (non-hydrogen) atoms. The second-order valence-electron chi connectivity index (χ2n) is 3.08. The minimum absolute atomic E-state index is 0.685. The Balaban J connectivity index is 2.58. The van der Waals surface area contributed by atoms with E-state index in [1.807, 2.05) is 26.0 Å². The standard InChI is InChI=1S/C9H11N5/c1-6-9(10)7(2)14(13-6)8-4-3-5-11-12-8/h3-5H,10H2,1-2H3. The van der Waals surface area contributed by atoms with Crippen LogP contribution in [0.4, 0.5) is 5.69 Å². The van der Waals surface area contributed by atoms with Gasteiger partial charge in [0.05, 0.1) is 17.1 Å². The zero-order valence-electron chi connectivity index (χ0n) is 8.10. The molecule has 5 nitrogen and oxygen atoms in total. The third-order valence-corrected chi connectivity index (χ3v) is 2.12. The highest BCUT2D eigenvalue weighted by molar-refractivity contribution is 5.49. The van der Waals surface area contributed by atoms with Crippen molar-refractivity contribution in [3.8, 4) is 5.82 Å². The number of rotatable bonds is 1. The van der Waals surface area contributed by atoms with E-state index >= 15 is 0 Å². The average molecular weight is 189 g/mol. The summed E-state index contributed by atoms with van der Waals surface area (Å²) in [7, 11) is 0. The number of aromatic nitrogens is 4. The van der Waals surface area contributed by atoms with Crippen LogP contribution in [0.1, 0.15) is 11.4 Å². The Labute approximate surface area is 81.6 Å². The Bertz CT molecular complexity index is 446. The maximum atomic E-state index is 5.81. The molecule has 0 atom stereocenters. The predicted octanol–water partition coefficient (Wildman–Crippen LogP) is 0.861. The van der Waals surface area contributed by atoms with Crippen molar-refractivity contribution < 1.29 is 0 Å². The molecule has 5 heteroatoms. The van der Waals surface area contributed by atoms with Crippen LogP contribution in [0, 0.1) is 13.8 Å². The summed E-state index contributed by atoms with van der Waals surface area (Å²) in [6.45, 7) is 3.78. The monoisotopic (exact) mass is 189 g/mol. The molecule has 0 saturated carbocycles. The van der Waals surface area contributed by atoms with Crippen LogP contribution < -0.4 is 5.73 Å². The van der Waals surface area contributed by atoms with Crippen LogP contribution in [-0.2, 0) is 0 Å². The molecular formula is C9H11N5. The van der Waals surface area contributed by atoms with E-state index in [2.05, 4.69) is 15.3 Å². The zero-order valence-corrected chi connectivity index (χ0v) is 8.10. The Morgan fingerprint density at radius 1 is 1.36 bits per heavy atom. The third-order valence-electron chi connectivity index (χ3n) is 2.12. The summed E-state index contributed by atoms with van der Waals surface area (Å²) in [6, 6.07) is 3.65. The first-order valence-electron chi connectivity index (χ1n) is 4.30. The maximum Gasteiger partial charge on any atom is 0.175 e. The van der Waals surface area contributed by atoms with Crippen LogP contribution >= 0.6 is 0 Å². The van der Waals surface area contributed by atoms with Gasteiger partial charge in [0, 0.05) is 6.20 Å². The molecule has 0 aliphatic heterocycles. The fraction of sp³-hybridized carbons (Fsp3) is 0.222. The lowest BCUT2D eigenvalue weighted by Gasteiger charge is -2.00. The van der Waals surface area contributed by atoms with E-state index in [0.29, 0.717) is 11.5 Å². The first-order valence-corrected chi connectivity index (χ1v) is 4.30. The Morgan fingerprint density at radius 2 is 2.14 bits per heavy atom. The summed E-state index contributed by atoms with van der Waals surface area (Å²) in [6.07, 6.45) is 1.62. The highest BCUT2D eigenvalue weighted by Gasteiger charge is 2.09. The first-order chi connectivity index (χ1) is 6.70. The highest BCUT2D eigenvalue weighted by atomic mass is 15.4. The van der Waals surface area contributed by atoms with E-state index in [4.69, 9.17) is 5.73 Å². The van der Waals surface area contributed by atoms with Crippen LogP contribution in [0.15, 0.2) is 18.3 Å². The van der Waals surface area contributed by atoms with Crippen LogP contribution in [0.2, 0.25) is 0 Å². The molecular weight excluding hydrogens is 178 g/mol. The topological polar surface area (TPSA) is 69.6 Å². The molecule has 0 unspecified atom stereocenters. The van der Waals surface area contributed by atoms with Gasteiger partial charge in [0.15, 0.2) is 5.82 Å². The van der Waals surface area contributed by atoms with Gasteiger partial charge in [-0.05, 0) is 26.0 Å². The predicted molar refractivity (Wildman–Crippen MR) is 53.0 cm³/mol. The number of nitrogens with two attached hydrogens (primary N) is 1. The Morgan fingerprint density at radius 3 is 2.64 bits per heavy atom. The molecule has 72 valence electrons. The summed E-state index contributed by atoms with van der Waals surface area (Å²) in [5.41, 5.74) is 8.22. The van der Waals surface area contributed by atoms with Crippen LogP contribution in [-0.4, -0.2) is 20.0 Å². The van der Waals surface area contributed by atoms with Crippen molar-refractivity contribution in [2.75, 3.05) is 5.73 Å². The third kappa shape index (κ3) is 1.22. The lowest BCUT2D eigenvalue weighted by molar-refractivity contribution is 0.782. The van der Waals surface area contributed by atoms with Crippen molar-refractivity contribution in [3.63, 3.8) is 0 Å². The number of hydrogen-bond acceptors (Lipinski definition) is 4. The molecule has 2 aromatic heterocycles. The minimum atomic E-state index is 0.685. The van der Waals surface area contributed by atoms with Crippen LogP contribution in [0.3, 0.4) is 0 Å². The van der Waals surface area contributed by atoms with Crippen LogP contribution in [0.25, 0.3) is 5.82 Å². The summed E-state index contributed by atoms with van der Waals surface area (Å²) in [5.74, 6) is 0.685. The second kappa shape index (κ2) is 3.10. The number of hydrogen-bond donors (Lipinski definition) is 1. The lowest BCUT2D eigenvalue weighted by Crippen LogP contribution is -2.02. The molecule has 0 fully saturated rings. The number of nitrogens with zero attached hydrogens (tertiary/aromatic N) is 4. The van der Waals surface area contributed by atoms with Crippen LogP contribution in [0.5, 0.6) is 0 Å². The zero-order chi connectivity index (χ0) is 10.1. The molecule has 0 aliphatic carbocycles.